The Morgan fingerprint density at radius 2 is 1.33 bits per heavy atom. The van der Waals surface area contributed by atoms with Gasteiger partial charge in [0.2, 0.25) is 0 Å². The van der Waals surface area contributed by atoms with Crippen LogP contribution in [0, 0.1) is 0 Å². The van der Waals surface area contributed by atoms with Gasteiger partial charge in [-0.05, 0) is 41.8 Å². The van der Waals surface area contributed by atoms with Crippen LogP contribution >= 0.6 is 11.6 Å². The third kappa shape index (κ3) is 6.13. The van der Waals surface area contributed by atoms with Crippen molar-refractivity contribution in [3.05, 3.63) is 59.7 Å². The van der Waals surface area contributed by atoms with E-state index in [0.29, 0.717) is 12.4 Å². The molecule has 0 aromatic heterocycles. The second-order valence-electron chi connectivity index (χ2n) is 7.14. The second-order valence-corrected chi connectivity index (χ2v) is 7.75. The first-order valence-electron chi connectivity index (χ1n) is 9.26. The summed E-state index contributed by atoms with van der Waals surface area (Å²) in [6.07, 6.45) is 0.0129. The van der Waals surface area contributed by atoms with Crippen LogP contribution in [0.3, 0.4) is 0 Å². The minimum atomic E-state index is -0.867. The fourth-order valence-electron chi connectivity index (χ4n) is 2.65. The molecular formula is C22H29ClO4. The Balaban J connectivity index is 2.04. The number of hydrogen-bond acceptors (Lipinski definition) is 4. The van der Waals surface area contributed by atoms with Gasteiger partial charge in [-0.25, -0.2) is 0 Å². The fourth-order valence-corrected chi connectivity index (χ4v) is 2.71. The molecule has 0 bridgehead atoms. The van der Waals surface area contributed by atoms with Crippen LogP contribution in [0.4, 0.5) is 0 Å². The van der Waals surface area contributed by atoms with Gasteiger partial charge in [-0.15, -0.1) is 11.6 Å². The van der Waals surface area contributed by atoms with Crippen molar-refractivity contribution in [2.24, 2.45) is 0 Å². The summed E-state index contributed by atoms with van der Waals surface area (Å²) in [6, 6.07) is 15.9. The molecule has 0 amide bonds. The summed E-state index contributed by atoms with van der Waals surface area (Å²) in [5, 5.41) is 18.2. The number of halogens is 1. The molecule has 2 atom stereocenters. The van der Waals surface area contributed by atoms with Crippen molar-refractivity contribution in [1.82, 2.24) is 0 Å². The van der Waals surface area contributed by atoms with Crippen molar-refractivity contribution < 1.29 is 19.7 Å². The fraction of sp³-hybridized carbons (Fsp3) is 0.455. The zero-order chi connectivity index (χ0) is 19.9. The predicted octanol–water partition coefficient (Wildman–Crippen LogP) is 4.14. The Hall–Kier alpha value is -1.75. The highest BCUT2D eigenvalue weighted by atomic mass is 35.5. The molecule has 0 unspecified atom stereocenters. The number of alkyl halides is 1. The van der Waals surface area contributed by atoms with Gasteiger partial charge in [0.15, 0.2) is 0 Å². The van der Waals surface area contributed by atoms with Gasteiger partial charge in [0.25, 0.3) is 0 Å². The smallest absolute Gasteiger partial charge is 0.119 e. The van der Waals surface area contributed by atoms with Crippen molar-refractivity contribution in [2.75, 3.05) is 19.8 Å². The highest BCUT2D eigenvalue weighted by Crippen LogP contribution is 2.33. The van der Waals surface area contributed by atoms with E-state index in [9.17, 15) is 5.11 Å². The topological polar surface area (TPSA) is 58.9 Å². The molecule has 2 aromatic carbocycles. The summed E-state index contributed by atoms with van der Waals surface area (Å²) in [5.74, 6) is 1.48. The van der Waals surface area contributed by atoms with E-state index in [1.807, 2.05) is 43.3 Å². The summed E-state index contributed by atoms with van der Waals surface area (Å²) in [5.41, 5.74) is 2.15. The van der Waals surface area contributed by atoms with E-state index < -0.39 is 6.10 Å². The normalized spacial score (nSPS) is 13.9. The quantitative estimate of drug-likeness (QED) is 0.596. The third-order valence-electron chi connectivity index (χ3n) is 4.68. The lowest BCUT2D eigenvalue weighted by Gasteiger charge is -2.26. The lowest BCUT2D eigenvalue weighted by Crippen LogP contribution is -2.21. The number of aliphatic hydroxyl groups excluding tert-OH is 2. The van der Waals surface area contributed by atoms with E-state index in [2.05, 4.69) is 26.0 Å². The van der Waals surface area contributed by atoms with E-state index in [1.54, 1.807) is 0 Å². The summed E-state index contributed by atoms with van der Waals surface area (Å²) in [6.45, 7) is 6.64. The van der Waals surface area contributed by atoms with Crippen molar-refractivity contribution >= 4 is 11.6 Å². The van der Waals surface area contributed by atoms with Crippen molar-refractivity contribution in [3.63, 3.8) is 0 Å². The highest BCUT2D eigenvalue weighted by molar-refractivity contribution is 6.20. The SMILES string of the molecule is CC[C@H](Cl)COc1ccc(C(C)(C)c2ccc(OC[C@H](O)CO)cc2)cc1. The molecule has 2 N–H and O–H groups in total. The molecule has 0 aliphatic carbocycles. The minimum absolute atomic E-state index is 0.0281. The standard InChI is InChI=1S/C22H29ClO4/c1-4-18(23)14-26-20-9-5-16(6-10-20)22(2,3)17-7-11-21(12-8-17)27-15-19(25)13-24/h5-12,18-19,24-25H,4,13-15H2,1-3H3/t18-,19+/m0/s1. The number of aliphatic hydroxyl groups is 2. The zero-order valence-electron chi connectivity index (χ0n) is 16.2. The first-order chi connectivity index (χ1) is 12.9. The molecule has 0 aliphatic rings. The van der Waals surface area contributed by atoms with E-state index in [0.717, 1.165) is 17.7 Å². The molecular weight excluding hydrogens is 364 g/mol. The second kappa shape index (κ2) is 9.98. The van der Waals surface area contributed by atoms with Crippen LogP contribution in [-0.2, 0) is 5.41 Å². The third-order valence-corrected chi connectivity index (χ3v) is 5.11. The molecule has 0 aliphatic heterocycles. The Morgan fingerprint density at radius 1 is 0.889 bits per heavy atom. The average Bonchev–Trinajstić information content (AvgIpc) is 2.70. The molecule has 4 nitrogen and oxygen atoms in total. The molecule has 148 valence electrons. The minimum Gasteiger partial charge on any atom is -0.492 e. The Labute approximate surface area is 166 Å². The summed E-state index contributed by atoms with van der Waals surface area (Å²) >= 11 is 6.10. The molecule has 0 heterocycles. The van der Waals surface area contributed by atoms with Crippen LogP contribution in [0.2, 0.25) is 0 Å². The maximum Gasteiger partial charge on any atom is 0.119 e. The van der Waals surface area contributed by atoms with Gasteiger partial charge in [0, 0.05) is 5.41 Å². The van der Waals surface area contributed by atoms with E-state index >= 15 is 0 Å². The zero-order valence-corrected chi connectivity index (χ0v) is 16.9. The number of benzene rings is 2. The van der Waals surface area contributed by atoms with Crippen LogP contribution < -0.4 is 9.47 Å². The first kappa shape index (κ1) is 21.5. The Kier molecular flexibility index (Phi) is 7.96. The predicted molar refractivity (Wildman–Crippen MR) is 109 cm³/mol. The van der Waals surface area contributed by atoms with Crippen LogP contribution in [-0.4, -0.2) is 41.5 Å². The molecule has 0 saturated heterocycles. The number of hydrogen-bond donors (Lipinski definition) is 2. The molecule has 2 aromatic rings. The number of ether oxygens (including phenoxy) is 2. The van der Waals surface area contributed by atoms with Gasteiger partial charge >= 0.3 is 0 Å². The molecule has 27 heavy (non-hydrogen) atoms. The van der Waals surface area contributed by atoms with Gasteiger partial charge < -0.3 is 19.7 Å². The van der Waals surface area contributed by atoms with Crippen LogP contribution in [0.25, 0.3) is 0 Å². The molecule has 0 fully saturated rings. The molecule has 0 saturated carbocycles. The summed E-state index contributed by atoms with van der Waals surface area (Å²) < 4.78 is 11.2. The monoisotopic (exact) mass is 392 g/mol. The lowest BCUT2D eigenvalue weighted by atomic mass is 9.78. The van der Waals surface area contributed by atoms with Crippen LogP contribution in [0.5, 0.6) is 11.5 Å². The summed E-state index contributed by atoms with van der Waals surface area (Å²) in [4.78, 5) is 0. The molecule has 0 spiro atoms. The Bertz CT molecular complexity index is 623. The van der Waals surface area contributed by atoms with Crippen molar-refractivity contribution in [2.45, 2.75) is 44.1 Å². The largest absolute Gasteiger partial charge is 0.492 e. The van der Waals surface area contributed by atoms with Crippen LogP contribution in [0.15, 0.2) is 48.5 Å². The van der Waals surface area contributed by atoms with Crippen molar-refractivity contribution in [3.8, 4) is 11.5 Å². The van der Waals surface area contributed by atoms with E-state index in [1.165, 1.54) is 5.56 Å². The average molecular weight is 393 g/mol. The van der Waals surface area contributed by atoms with Crippen LogP contribution in [0.1, 0.15) is 38.3 Å². The van der Waals surface area contributed by atoms with Gasteiger partial charge in [-0.1, -0.05) is 45.0 Å². The van der Waals surface area contributed by atoms with Gasteiger partial charge in [-0.2, -0.15) is 0 Å². The lowest BCUT2D eigenvalue weighted by molar-refractivity contribution is 0.0536. The van der Waals surface area contributed by atoms with Gasteiger partial charge in [0.1, 0.15) is 30.8 Å². The molecule has 0 radical (unpaired) electrons. The summed E-state index contributed by atoms with van der Waals surface area (Å²) in [7, 11) is 0. The van der Waals surface area contributed by atoms with E-state index in [-0.39, 0.29) is 24.0 Å². The highest BCUT2D eigenvalue weighted by Gasteiger charge is 2.23. The van der Waals surface area contributed by atoms with Gasteiger partial charge in [0.05, 0.1) is 12.0 Å². The maximum atomic E-state index is 9.36. The van der Waals surface area contributed by atoms with E-state index in [4.69, 9.17) is 26.2 Å². The molecule has 2 rings (SSSR count). The van der Waals surface area contributed by atoms with Gasteiger partial charge in [-0.3, -0.25) is 0 Å². The molecule has 5 heteroatoms. The maximum absolute atomic E-state index is 9.36. The number of rotatable bonds is 10. The Morgan fingerprint density at radius 3 is 1.74 bits per heavy atom. The first-order valence-corrected chi connectivity index (χ1v) is 9.70. The van der Waals surface area contributed by atoms with Crippen molar-refractivity contribution in [1.29, 1.82) is 0 Å².